The molecule has 1 saturated heterocycles. The molecule has 1 aliphatic heterocycles. The van der Waals surface area contributed by atoms with Crippen molar-refractivity contribution in [3.63, 3.8) is 0 Å². The van der Waals surface area contributed by atoms with Crippen molar-refractivity contribution in [2.45, 2.75) is 58.0 Å². The highest BCUT2D eigenvalue weighted by atomic mass is 16.2. The first-order valence-corrected chi connectivity index (χ1v) is 5.62. The molecule has 0 aliphatic carbocycles. The van der Waals surface area contributed by atoms with Crippen LogP contribution in [-0.4, -0.2) is 35.2 Å². The number of rotatable bonds is 4. The quantitative estimate of drug-likeness (QED) is 0.724. The number of hydrogen-bond donors (Lipinski definition) is 1. The van der Waals surface area contributed by atoms with Crippen LogP contribution < -0.4 is 0 Å². The van der Waals surface area contributed by atoms with E-state index >= 15 is 0 Å². The number of aliphatic hydroxyl groups excluding tert-OH is 1. The molecule has 78 valence electrons. The zero-order valence-corrected chi connectivity index (χ0v) is 9.00. The topological polar surface area (TPSA) is 23.5 Å². The van der Waals surface area contributed by atoms with Gasteiger partial charge in [0, 0.05) is 18.7 Å². The molecule has 1 N–H and O–H groups in total. The Morgan fingerprint density at radius 1 is 1.38 bits per heavy atom. The van der Waals surface area contributed by atoms with Crippen molar-refractivity contribution in [1.29, 1.82) is 0 Å². The summed E-state index contributed by atoms with van der Waals surface area (Å²) >= 11 is 0. The largest absolute Gasteiger partial charge is 0.396 e. The van der Waals surface area contributed by atoms with Gasteiger partial charge in [-0.25, -0.2) is 0 Å². The zero-order valence-electron chi connectivity index (χ0n) is 9.00. The fourth-order valence-corrected chi connectivity index (χ4v) is 2.34. The van der Waals surface area contributed by atoms with Crippen molar-refractivity contribution >= 4 is 0 Å². The minimum absolute atomic E-state index is 0.350. The van der Waals surface area contributed by atoms with Crippen molar-refractivity contribution in [3.8, 4) is 0 Å². The summed E-state index contributed by atoms with van der Waals surface area (Å²) in [5.74, 6) is 0. The summed E-state index contributed by atoms with van der Waals surface area (Å²) in [4.78, 5) is 2.60. The Kier molecular flexibility index (Phi) is 4.74. The van der Waals surface area contributed by atoms with E-state index in [-0.39, 0.29) is 0 Å². The smallest absolute Gasteiger partial charge is 0.0431 e. The molecule has 2 nitrogen and oxygen atoms in total. The van der Waals surface area contributed by atoms with E-state index in [0.29, 0.717) is 12.6 Å². The summed E-state index contributed by atoms with van der Waals surface area (Å²) < 4.78 is 0. The SMILES string of the molecule is CC(C)N1CCCCC1CCCO. The van der Waals surface area contributed by atoms with Gasteiger partial charge in [-0.15, -0.1) is 0 Å². The van der Waals surface area contributed by atoms with Gasteiger partial charge >= 0.3 is 0 Å². The molecule has 0 amide bonds. The summed E-state index contributed by atoms with van der Waals surface area (Å²) in [6.07, 6.45) is 6.20. The van der Waals surface area contributed by atoms with Gasteiger partial charge in [0.1, 0.15) is 0 Å². The Labute approximate surface area is 81.9 Å². The minimum Gasteiger partial charge on any atom is -0.396 e. The van der Waals surface area contributed by atoms with Gasteiger partial charge in [0.05, 0.1) is 0 Å². The van der Waals surface area contributed by atoms with Crippen LogP contribution in [0, 0.1) is 0 Å². The number of hydrogen-bond acceptors (Lipinski definition) is 2. The number of nitrogens with zero attached hydrogens (tertiary/aromatic N) is 1. The van der Waals surface area contributed by atoms with Crippen molar-refractivity contribution in [1.82, 2.24) is 4.90 Å². The van der Waals surface area contributed by atoms with Gasteiger partial charge < -0.3 is 5.11 Å². The Morgan fingerprint density at radius 3 is 2.77 bits per heavy atom. The highest BCUT2D eigenvalue weighted by molar-refractivity contribution is 4.78. The van der Waals surface area contributed by atoms with E-state index in [9.17, 15) is 0 Å². The van der Waals surface area contributed by atoms with Crippen LogP contribution in [0.5, 0.6) is 0 Å². The standard InChI is InChI=1S/C11H23NO/c1-10(2)12-8-4-3-6-11(12)7-5-9-13/h10-11,13H,3-9H2,1-2H3. The molecule has 0 aromatic carbocycles. The molecule has 0 aromatic heterocycles. The third kappa shape index (κ3) is 3.28. The summed E-state index contributed by atoms with van der Waals surface area (Å²) in [5.41, 5.74) is 0. The summed E-state index contributed by atoms with van der Waals surface area (Å²) in [5, 5.41) is 8.80. The van der Waals surface area contributed by atoms with E-state index in [4.69, 9.17) is 5.11 Å². The fraction of sp³-hybridized carbons (Fsp3) is 1.00. The van der Waals surface area contributed by atoms with Gasteiger partial charge in [0.15, 0.2) is 0 Å². The lowest BCUT2D eigenvalue weighted by Crippen LogP contribution is -2.43. The van der Waals surface area contributed by atoms with E-state index in [1.807, 2.05) is 0 Å². The molecule has 1 aliphatic rings. The predicted molar refractivity (Wildman–Crippen MR) is 55.8 cm³/mol. The molecular weight excluding hydrogens is 162 g/mol. The van der Waals surface area contributed by atoms with Crippen LogP contribution in [0.25, 0.3) is 0 Å². The van der Waals surface area contributed by atoms with Gasteiger partial charge in [0.25, 0.3) is 0 Å². The molecule has 0 aromatic rings. The van der Waals surface area contributed by atoms with Crippen LogP contribution in [0.15, 0.2) is 0 Å². The lowest BCUT2D eigenvalue weighted by Gasteiger charge is -2.38. The van der Waals surface area contributed by atoms with Crippen LogP contribution in [0.3, 0.4) is 0 Å². The van der Waals surface area contributed by atoms with Crippen LogP contribution in [0.2, 0.25) is 0 Å². The lowest BCUT2D eigenvalue weighted by molar-refractivity contribution is 0.0990. The summed E-state index contributed by atoms with van der Waals surface area (Å²) in [7, 11) is 0. The van der Waals surface area contributed by atoms with Gasteiger partial charge in [-0.2, -0.15) is 0 Å². The molecule has 0 radical (unpaired) electrons. The van der Waals surface area contributed by atoms with E-state index in [0.717, 1.165) is 12.5 Å². The van der Waals surface area contributed by atoms with E-state index in [2.05, 4.69) is 18.7 Å². The highest BCUT2D eigenvalue weighted by Gasteiger charge is 2.23. The Balaban J connectivity index is 2.37. The molecule has 1 fully saturated rings. The molecular formula is C11H23NO. The molecule has 1 unspecified atom stereocenters. The lowest BCUT2D eigenvalue weighted by atomic mass is 9.97. The molecule has 1 rings (SSSR count). The first kappa shape index (κ1) is 11.0. The third-order valence-electron chi connectivity index (χ3n) is 3.03. The van der Waals surface area contributed by atoms with E-state index in [1.54, 1.807) is 0 Å². The second-order valence-electron chi connectivity index (χ2n) is 4.35. The van der Waals surface area contributed by atoms with Crippen LogP contribution in [0.1, 0.15) is 46.0 Å². The highest BCUT2D eigenvalue weighted by Crippen LogP contribution is 2.22. The van der Waals surface area contributed by atoms with Crippen molar-refractivity contribution in [2.24, 2.45) is 0 Å². The maximum Gasteiger partial charge on any atom is 0.0431 e. The van der Waals surface area contributed by atoms with Crippen LogP contribution in [0.4, 0.5) is 0 Å². The molecule has 1 atom stereocenters. The van der Waals surface area contributed by atoms with E-state index < -0.39 is 0 Å². The maximum absolute atomic E-state index is 8.80. The molecule has 0 saturated carbocycles. The maximum atomic E-state index is 8.80. The monoisotopic (exact) mass is 185 g/mol. The van der Waals surface area contributed by atoms with Crippen molar-refractivity contribution in [2.75, 3.05) is 13.2 Å². The van der Waals surface area contributed by atoms with Gasteiger partial charge in [0.2, 0.25) is 0 Å². The Morgan fingerprint density at radius 2 is 2.15 bits per heavy atom. The van der Waals surface area contributed by atoms with Crippen molar-refractivity contribution in [3.05, 3.63) is 0 Å². The summed E-state index contributed by atoms with van der Waals surface area (Å²) in [6.45, 7) is 6.16. The molecule has 0 spiro atoms. The first-order chi connectivity index (χ1) is 6.25. The number of likely N-dealkylation sites (tertiary alicyclic amines) is 1. The molecule has 13 heavy (non-hydrogen) atoms. The minimum atomic E-state index is 0.350. The summed E-state index contributed by atoms with van der Waals surface area (Å²) in [6, 6.07) is 1.41. The van der Waals surface area contributed by atoms with Crippen LogP contribution in [-0.2, 0) is 0 Å². The average Bonchev–Trinajstić information content (AvgIpc) is 2.15. The van der Waals surface area contributed by atoms with E-state index in [1.165, 1.54) is 32.2 Å². The number of piperidine rings is 1. The second-order valence-corrected chi connectivity index (χ2v) is 4.35. The fourth-order valence-electron chi connectivity index (χ4n) is 2.34. The van der Waals surface area contributed by atoms with Gasteiger partial charge in [-0.05, 0) is 46.1 Å². The normalized spacial score (nSPS) is 25.4. The van der Waals surface area contributed by atoms with Gasteiger partial charge in [-0.3, -0.25) is 4.90 Å². The molecule has 0 bridgehead atoms. The zero-order chi connectivity index (χ0) is 9.68. The second kappa shape index (κ2) is 5.61. The molecule has 1 heterocycles. The number of aliphatic hydroxyl groups is 1. The van der Waals surface area contributed by atoms with Crippen molar-refractivity contribution < 1.29 is 5.11 Å². The predicted octanol–water partition coefficient (Wildman–Crippen LogP) is 2.02. The average molecular weight is 185 g/mol. The Hall–Kier alpha value is -0.0800. The molecule has 2 heteroatoms. The van der Waals surface area contributed by atoms with Gasteiger partial charge in [-0.1, -0.05) is 6.42 Å². The Bertz CT molecular complexity index is 136. The third-order valence-corrected chi connectivity index (χ3v) is 3.03. The first-order valence-electron chi connectivity index (χ1n) is 5.62. The van der Waals surface area contributed by atoms with Crippen LogP contribution >= 0.6 is 0 Å².